The van der Waals surface area contributed by atoms with Crippen molar-refractivity contribution in [2.24, 2.45) is 11.8 Å². The largest absolute Gasteiger partial charge is 0.392 e. The Labute approximate surface area is 104 Å². The molecule has 2 heteroatoms. The van der Waals surface area contributed by atoms with Crippen molar-refractivity contribution in [3.05, 3.63) is 23.3 Å². The number of aliphatic hydroxyl groups excluding tert-OH is 1. The first-order chi connectivity index (χ1) is 8.04. The fourth-order valence-electron chi connectivity index (χ4n) is 2.39. The van der Waals surface area contributed by atoms with Crippen LogP contribution in [0.4, 0.5) is 0 Å². The molecule has 0 radical (unpaired) electrons. The Morgan fingerprint density at radius 2 is 2.29 bits per heavy atom. The van der Waals surface area contributed by atoms with E-state index in [1.165, 1.54) is 5.57 Å². The number of hydrogen-bond acceptors (Lipinski definition) is 2. The van der Waals surface area contributed by atoms with Gasteiger partial charge in [-0.25, -0.2) is 0 Å². The normalized spacial score (nSPS) is 22.0. The highest BCUT2D eigenvalue weighted by Gasteiger charge is 2.26. The molecule has 1 aliphatic rings. The molecule has 1 N–H and O–H groups in total. The molecule has 1 aliphatic carbocycles. The Morgan fingerprint density at radius 1 is 1.59 bits per heavy atom. The molecule has 0 spiro atoms. The average molecular weight is 236 g/mol. The summed E-state index contributed by atoms with van der Waals surface area (Å²) < 4.78 is 0. The van der Waals surface area contributed by atoms with Crippen LogP contribution >= 0.6 is 0 Å². The van der Waals surface area contributed by atoms with Crippen LogP contribution in [0.15, 0.2) is 23.3 Å². The second-order valence-electron chi connectivity index (χ2n) is 5.34. The zero-order valence-electron chi connectivity index (χ0n) is 11.2. The Morgan fingerprint density at radius 3 is 2.82 bits per heavy atom. The molecule has 0 amide bonds. The summed E-state index contributed by atoms with van der Waals surface area (Å²) in [6, 6.07) is 0. The van der Waals surface area contributed by atoms with Crippen LogP contribution in [0, 0.1) is 11.8 Å². The molecule has 0 bridgehead atoms. The van der Waals surface area contributed by atoms with Gasteiger partial charge < -0.3 is 5.11 Å². The van der Waals surface area contributed by atoms with E-state index in [-0.39, 0.29) is 18.3 Å². The van der Waals surface area contributed by atoms with Crippen molar-refractivity contribution in [2.45, 2.75) is 46.5 Å². The lowest BCUT2D eigenvalue weighted by Crippen LogP contribution is -2.24. The summed E-state index contributed by atoms with van der Waals surface area (Å²) in [4.78, 5) is 11.9. The van der Waals surface area contributed by atoms with Crippen molar-refractivity contribution in [1.82, 2.24) is 0 Å². The third kappa shape index (κ3) is 4.47. The number of carbonyl (C=O) groups excluding carboxylic acids is 1. The van der Waals surface area contributed by atoms with Crippen LogP contribution in [0.5, 0.6) is 0 Å². The van der Waals surface area contributed by atoms with Gasteiger partial charge in [0.1, 0.15) is 0 Å². The smallest absolute Gasteiger partial charge is 0.159 e. The van der Waals surface area contributed by atoms with Crippen molar-refractivity contribution in [3.63, 3.8) is 0 Å². The van der Waals surface area contributed by atoms with Crippen molar-refractivity contribution in [1.29, 1.82) is 0 Å². The van der Waals surface area contributed by atoms with Crippen LogP contribution < -0.4 is 0 Å². The molecule has 1 rings (SSSR count). The summed E-state index contributed by atoms with van der Waals surface area (Å²) in [5, 5.41) is 9.01. The first-order valence-corrected chi connectivity index (χ1v) is 6.52. The highest BCUT2D eigenvalue weighted by Crippen LogP contribution is 2.29. The average Bonchev–Trinajstić information content (AvgIpc) is 2.28. The van der Waals surface area contributed by atoms with E-state index in [0.29, 0.717) is 5.92 Å². The molecule has 2 atom stereocenters. The molecule has 96 valence electrons. The van der Waals surface area contributed by atoms with Crippen LogP contribution in [0.3, 0.4) is 0 Å². The molecular formula is C15H24O2. The number of rotatable bonds is 5. The van der Waals surface area contributed by atoms with Gasteiger partial charge in [0.2, 0.25) is 0 Å². The minimum absolute atomic E-state index is 0.0323. The number of aliphatic hydroxyl groups is 1. The molecule has 0 aromatic carbocycles. The van der Waals surface area contributed by atoms with E-state index >= 15 is 0 Å². The SMILES string of the molecule is CC(C)=CCC[C@@H](C)[C@H]1CCC(CO)=CC1=O. The van der Waals surface area contributed by atoms with Crippen molar-refractivity contribution in [3.8, 4) is 0 Å². The molecule has 0 saturated carbocycles. The molecule has 0 heterocycles. The van der Waals surface area contributed by atoms with Gasteiger partial charge in [-0.2, -0.15) is 0 Å². The predicted octanol–water partition coefficient (Wildman–Crippen LogP) is 3.27. The summed E-state index contributed by atoms with van der Waals surface area (Å²) in [6.45, 7) is 6.41. The first-order valence-electron chi connectivity index (χ1n) is 6.52. The topological polar surface area (TPSA) is 37.3 Å². The predicted molar refractivity (Wildman–Crippen MR) is 70.7 cm³/mol. The second kappa shape index (κ2) is 6.75. The van der Waals surface area contributed by atoms with E-state index < -0.39 is 0 Å². The molecule has 0 aliphatic heterocycles. The summed E-state index contributed by atoms with van der Waals surface area (Å²) in [5.74, 6) is 0.815. The fraction of sp³-hybridized carbons (Fsp3) is 0.667. The van der Waals surface area contributed by atoms with Gasteiger partial charge in [0.15, 0.2) is 5.78 Å². The molecule has 0 saturated heterocycles. The monoisotopic (exact) mass is 236 g/mol. The number of allylic oxidation sites excluding steroid dienone is 3. The Balaban J connectivity index is 2.48. The minimum atomic E-state index is 0.0323. The first kappa shape index (κ1) is 14.2. The van der Waals surface area contributed by atoms with E-state index in [1.807, 2.05) is 0 Å². The maximum absolute atomic E-state index is 11.9. The lowest BCUT2D eigenvalue weighted by atomic mass is 9.79. The summed E-state index contributed by atoms with van der Waals surface area (Å²) >= 11 is 0. The Hall–Kier alpha value is -0.890. The Bertz CT molecular complexity index is 322. The van der Waals surface area contributed by atoms with E-state index in [1.54, 1.807) is 6.08 Å². The van der Waals surface area contributed by atoms with E-state index in [2.05, 4.69) is 26.8 Å². The van der Waals surface area contributed by atoms with Gasteiger partial charge in [-0.05, 0) is 57.1 Å². The highest BCUT2D eigenvalue weighted by atomic mass is 16.3. The van der Waals surface area contributed by atoms with Gasteiger partial charge in [0.25, 0.3) is 0 Å². The van der Waals surface area contributed by atoms with E-state index in [0.717, 1.165) is 31.3 Å². The van der Waals surface area contributed by atoms with Crippen LogP contribution in [0.2, 0.25) is 0 Å². The third-order valence-electron chi connectivity index (χ3n) is 3.55. The van der Waals surface area contributed by atoms with Gasteiger partial charge in [0, 0.05) is 5.92 Å². The minimum Gasteiger partial charge on any atom is -0.392 e. The van der Waals surface area contributed by atoms with Crippen molar-refractivity contribution in [2.75, 3.05) is 6.61 Å². The summed E-state index contributed by atoms with van der Waals surface area (Å²) in [7, 11) is 0. The standard InChI is InChI=1S/C15H24O2/c1-11(2)5-4-6-12(3)14-8-7-13(10-16)9-15(14)17/h5,9,12,14,16H,4,6-8,10H2,1-3H3/t12-,14-/m1/s1. The van der Waals surface area contributed by atoms with E-state index in [4.69, 9.17) is 5.11 Å². The molecular weight excluding hydrogens is 212 g/mol. The lowest BCUT2D eigenvalue weighted by molar-refractivity contribution is -0.120. The molecule has 0 aromatic heterocycles. The van der Waals surface area contributed by atoms with E-state index in [9.17, 15) is 4.79 Å². The maximum atomic E-state index is 11.9. The zero-order chi connectivity index (χ0) is 12.8. The molecule has 0 aromatic rings. The van der Waals surface area contributed by atoms with Crippen LogP contribution in [0.25, 0.3) is 0 Å². The lowest BCUT2D eigenvalue weighted by Gasteiger charge is -2.25. The molecule has 0 fully saturated rings. The Kier molecular flexibility index (Phi) is 5.63. The number of carbonyl (C=O) groups is 1. The maximum Gasteiger partial charge on any atom is 0.159 e. The van der Waals surface area contributed by atoms with Gasteiger partial charge in [-0.1, -0.05) is 18.6 Å². The molecule has 17 heavy (non-hydrogen) atoms. The van der Waals surface area contributed by atoms with Gasteiger partial charge in [-0.3, -0.25) is 4.79 Å². The second-order valence-corrected chi connectivity index (χ2v) is 5.34. The van der Waals surface area contributed by atoms with Crippen LogP contribution in [-0.2, 0) is 4.79 Å². The summed E-state index contributed by atoms with van der Waals surface area (Å²) in [6.07, 6.45) is 7.80. The van der Waals surface area contributed by atoms with Gasteiger partial charge in [-0.15, -0.1) is 0 Å². The number of ketones is 1. The molecule has 0 unspecified atom stereocenters. The third-order valence-corrected chi connectivity index (χ3v) is 3.55. The van der Waals surface area contributed by atoms with Crippen molar-refractivity contribution >= 4 is 5.78 Å². The van der Waals surface area contributed by atoms with Crippen LogP contribution in [-0.4, -0.2) is 17.5 Å². The highest BCUT2D eigenvalue weighted by molar-refractivity contribution is 5.93. The molecule has 2 nitrogen and oxygen atoms in total. The van der Waals surface area contributed by atoms with Crippen LogP contribution in [0.1, 0.15) is 46.5 Å². The fourth-order valence-corrected chi connectivity index (χ4v) is 2.39. The summed E-state index contributed by atoms with van der Waals surface area (Å²) in [5.41, 5.74) is 2.23. The van der Waals surface area contributed by atoms with Gasteiger partial charge >= 0.3 is 0 Å². The van der Waals surface area contributed by atoms with Crippen molar-refractivity contribution < 1.29 is 9.90 Å². The number of hydrogen-bond donors (Lipinski definition) is 1. The zero-order valence-corrected chi connectivity index (χ0v) is 11.2. The van der Waals surface area contributed by atoms with Gasteiger partial charge in [0.05, 0.1) is 6.61 Å². The quantitative estimate of drug-likeness (QED) is 0.744.